The van der Waals surface area contributed by atoms with Crippen molar-refractivity contribution in [3.63, 3.8) is 0 Å². The number of halogens is 4. The Hall–Kier alpha value is -0.810. The molecule has 1 nitrogen and oxygen atoms in total. The highest BCUT2D eigenvalue weighted by atomic mass is 79.9. The van der Waals surface area contributed by atoms with Gasteiger partial charge in [0, 0.05) is 0 Å². The highest BCUT2D eigenvalue weighted by molar-refractivity contribution is 9.10. The molecule has 0 amide bonds. The molecule has 0 aliphatic heterocycles. The molecule has 82 valence electrons. The van der Waals surface area contributed by atoms with Gasteiger partial charge in [0.15, 0.2) is 0 Å². The minimum atomic E-state index is -0.648. The summed E-state index contributed by atoms with van der Waals surface area (Å²) in [5.74, 6) is -1.28. The zero-order valence-corrected chi connectivity index (χ0v) is 11.0. The van der Waals surface area contributed by atoms with Gasteiger partial charge in [0.2, 0.25) is 0 Å². The van der Waals surface area contributed by atoms with Gasteiger partial charge in [-0.3, -0.25) is 0 Å². The molecule has 2 aromatic rings. The fourth-order valence-electron chi connectivity index (χ4n) is 1.31. The maximum atomic E-state index is 13.7. The first-order valence-electron chi connectivity index (χ1n) is 4.36. The van der Waals surface area contributed by atoms with E-state index in [1.54, 1.807) is 18.2 Å². The van der Waals surface area contributed by atoms with Crippen molar-refractivity contribution in [3.05, 3.63) is 51.0 Å². The lowest BCUT2D eigenvalue weighted by molar-refractivity contribution is 0.584. The van der Waals surface area contributed by atoms with E-state index in [0.29, 0.717) is 4.60 Å². The summed E-state index contributed by atoms with van der Waals surface area (Å²) in [6, 6.07) is 7.44. The van der Waals surface area contributed by atoms with Crippen molar-refractivity contribution >= 4 is 31.9 Å². The summed E-state index contributed by atoms with van der Waals surface area (Å²) in [5.41, 5.74) is 0.126. The van der Waals surface area contributed by atoms with Crippen LogP contribution in [0.15, 0.2) is 39.4 Å². The summed E-state index contributed by atoms with van der Waals surface area (Å²) in [7, 11) is 0. The van der Waals surface area contributed by atoms with Crippen LogP contribution in [0.3, 0.4) is 0 Å². The Kier molecular flexibility index (Phi) is 3.35. The van der Waals surface area contributed by atoms with Crippen LogP contribution in [0.5, 0.6) is 0 Å². The van der Waals surface area contributed by atoms with Crippen molar-refractivity contribution in [2.75, 3.05) is 0 Å². The fourth-order valence-corrected chi connectivity index (χ4v) is 1.98. The fraction of sp³-hybridized carbons (Fsp3) is 0. The minimum absolute atomic E-state index is 0.129. The lowest BCUT2D eigenvalue weighted by atomic mass is 10.1. The average molecular weight is 349 g/mol. The molecule has 1 aromatic heterocycles. The number of aromatic nitrogens is 1. The van der Waals surface area contributed by atoms with Gasteiger partial charge in [-0.05, 0) is 56.1 Å². The van der Waals surface area contributed by atoms with E-state index in [1.807, 2.05) is 0 Å². The normalized spacial score (nSPS) is 10.5. The standard InChI is InChI=1S/C11H5Br2F2N/c12-6-4-5-7(14)10(11(6)15)8-2-1-3-9(13)16-8/h1-5H. The van der Waals surface area contributed by atoms with E-state index in [1.165, 1.54) is 12.1 Å². The monoisotopic (exact) mass is 347 g/mol. The van der Waals surface area contributed by atoms with Crippen LogP contribution in [0.4, 0.5) is 8.78 Å². The van der Waals surface area contributed by atoms with Crippen molar-refractivity contribution in [1.82, 2.24) is 4.98 Å². The molecular weight excluding hydrogens is 344 g/mol. The zero-order valence-electron chi connectivity index (χ0n) is 7.85. The summed E-state index contributed by atoms with van der Waals surface area (Å²) in [5, 5.41) is 0. The van der Waals surface area contributed by atoms with Crippen LogP contribution >= 0.6 is 31.9 Å². The van der Waals surface area contributed by atoms with E-state index in [2.05, 4.69) is 36.8 Å². The number of rotatable bonds is 1. The van der Waals surface area contributed by atoms with Crippen molar-refractivity contribution < 1.29 is 8.78 Å². The Morgan fingerprint density at radius 3 is 2.44 bits per heavy atom. The van der Waals surface area contributed by atoms with Crippen molar-refractivity contribution in [2.45, 2.75) is 0 Å². The maximum Gasteiger partial charge on any atom is 0.149 e. The molecule has 0 N–H and O–H groups in total. The lowest BCUT2D eigenvalue weighted by Crippen LogP contribution is -1.93. The van der Waals surface area contributed by atoms with Crippen molar-refractivity contribution in [3.8, 4) is 11.3 Å². The largest absolute Gasteiger partial charge is 0.241 e. The molecule has 1 heterocycles. The molecule has 0 unspecified atom stereocenters. The third kappa shape index (κ3) is 2.15. The van der Waals surface area contributed by atoms with E-state index in [0.717, 1.165) is 0 Å². The van der Waals surface area contributed by atoms with E-state index in [9.17, 15) is 8.78 Å². The van der Waals surface area contributed by atoms with Crippen LogP contribution in [0.2, 0.25) is 0 Å². The summed E-state index contributed by atoms with van der Waals surface area (Å²) in [6.07, 6.45) is 0. The first-order chi connectivity index (χ1) is 7.59. The quantitative estimate of drug-likeness (QED) is 0.544. The number of nitrogens with zero attached hydrogens (tertiary/aromatic N) is 1. The second kappa shape index (κ2) is 4.59. The van der Waals surface area contributed by atoms with Crippen LogP contribution in [0, 0.1) is 11.6 Å². The van der Waals surface area contributed by atoms with Gasteiger partial charge in [0.1, 0.15) is 16.2 Å². The summed E-state index contributed by atoms with van der Waals surface area (Å²) in [6.45, 7) is 0. The van der Waals surface area contributed by atoms with Crippen LogP contribution in [0.1, 0.15) is 0 Å². The minimum Gasteiger partial charge on any atom is -0.241 e. The molecule has 0 aliphatic carbocycles. The molecular formula is C11H5Br2F2N. The second-order valence-electron chi connectivity index (χ2n) is 3.06. The Balaban J connectivity index is 2.68. The van der Waals surface area contributed by atoms with Gasteiger partial charge >= 0.3 is 0 Å². The summed E-state index contributed by atoms with van der Waals surface area (Å²) in [4.78, 5) is 4.02. The Bertz CT molecular complexity index is 544. The number of pyridine rings is 1. The van der Waals surface area contributed by atoms with Gasteiger partial charge in [0.05, 0.1) is 15.7 Å². The molecule has 0 radical (unpaired) electrons. The van der Waals surface area contributed by atoms with Crippen molar-refractivity contribution in [1.29, 1.82) is 0 Å². The molecule has 5 heteroatoms. The third-order valence-corrected chi connectivity index (χ3v) is 3.07. The molecule has 0 fully saturated rings. The van der Waals surface area contributed by atoms with Crippen molar-refractivity contribution in [2.24, 2.45) is 0 Å². The molecule has 0 saturated carbocycles. The van der Waals surface area contributed by atoms with Crippen LogP contribution in [0.25, 0.3) is 11.3 Å². The van der Waals surface area contributed by atoms with Gasteiger partial charge in [-0.1, -0.05) is 6.07 Å². The average Bonchev–Trinajstić information content (AvgIpc) is 2.24. The number of hydrogen-bond acceptors (Lipinski definition) is 1. The van der Waals surface area contributed by atoms with Crippen LogP contribution in [-0.2, 0) is 0 Å². The third-order valence-electron chi connectivity index (χ3n) is 2.02. The highest BCUT2D eigenvalue weighted by Gasteiger charge is 2.15. The smallest absolute Gasteiger partial charge is 0.149 e. The molecule has 1 aromatic carbocycles. The van der Waals surface area contributed by atoms with Gasteiger partial charge in [-0.25, -0.2) is 13.8 Å². The Morgan fingerprint density at radius 1 is 1.00 bits per heavy atom. The van der Waals surface area contributed by atoms with Gasteiger partial charge in [-0.15, -0.1) is 0 Å². The van der Waals surface area contributed by atoms with E-state index >= 15 is 0 Å². The molecule has 0 aliphatic rings. The summed E-state index contributed by atoms with van der Waals surface area (Å²) < 4.78 is 28.0. The van der Waals surface area contributed by atoms with E-state index in [-0.39, 0.29) is 15.7 Å². The zero-order chi connectivity index (χ0) is 11.7. The van der Waals surface area contributed by atoms with Gasteiger partial charge in [-0.2, -0.15) is 0 Å². The Morgan fingerprint density at radius 2 is 1.75 bits per heavy atom. The molecule has 0 spiro atoms. The SMILES string of the molecule is Fc1ccc(Br)c(F)c1-c1cccc(Br)n1. The predicted octanol–water partition coefficient (Wildman–Crippen LogP) is 4.55. The van der Waals surface area contributed by atoms with Gasteiger partial charge < -0.3 is 0 Å². The second-order valence-corrected chi connectivity index (χ2v) is 4.73. The van der Waals surface area contributed by atoms with E-state index in [4.69, 9.17) is 0 Å². The lowest BCUT2D eigenvalue weighted by Gasteiger charge is -2.06. The maximum absolute atomic E-state index is 13.7. The highest BCUT2D eigenvalue weighted by Crippen LogP contribution is 2.29. The van der Waals surface area contributed by atoms with Crippen LogP contribution < -0.4 is 0 Å². The van der Waals surface area contributed by atoms with E-state index < -0.39 is 11.6 Å². The summed E-state index contributed by atoms with van der Waals surface area (Å²) >= 11 is 6.17. The Labute approximate surface area is 108 Å². The first kappa shape index (κ1) is 11.7. The first-order valence-corrected chi connectivity index (χ1v) is 5.94. The number of hydrogen-bond donors (Lipinski definition) is 0. The predicted molar refractivity (Wildman–Crippen MR) is 65.0 cm³/mol. The molecule has 16 heavy (non-hydrogen) atoms. The molecule has 0 saturated heterocycles. The molecule has 2 rings (SSSR count). The topological polar surface area (TPSA) is 12.9 Å². The molecule has 0 atom stereocenters. The van der Waals surface area contributed by atoms with Crippen LogP contribution in [-0.4, -0.2) is 4.98 Å². The van der Waals surface area contributed by atoms with Gasteiger partial charge in [0.25, 0.3) is 0 Å². The number of benzene rings is 1. The molecule has 0 bridgehead atoms.